The molecular weight excluding hydrogens is 426 g/mol. The number of amides is 1. The molecule has 0 radical (unpaired) electrons. The molecule has 3 aromatic rings. The molecule has 1 N–H and O–H groups in total. The average Bonchev–Trinajstić information content (AvgIpc) is 2.83. The molecule has 34 heavy (non-hydrogen) atoms. The van der Waals surface area contributed by atoms with Crippen molar-refractivity contribution < 1.29 is 14.6 Å². The van der Waals surface area contributed by atoms with Gasteiger partial charge in [-0.05, 0) is 43.5 Å². The van der Waals surface area contributed by atoms with Crippen molar-refractivity contribution in [3.05, 3.63) is 89.6 Å². The Hall–Kier alpha value is -3.69. The lowest BCUT2D eigenvalue weighted by Crippen LogP contribution is -2.51. The summed E-state index contributed by atoms with van der Waals surface area (Å²) in [4.78, 5) is 19.0. The molecule has 0 aliphatic carbocycles. The number of hydrogen-bond acceptors (Lipinski definition) is 5. The van der Waals surface area contributed by atoms with E-state index >= 15 is 0 Å². The fraction of sp³-hybridized carbons (Fsp3) is 0.321. The van der Waals surface area contributed by atoms with E-state index in [1.165, 1.54) is 0 Å². The second-order valence-corrected chi connectivity index (χ2v) is 9.41. The van der Waals surface area contributed by atoms with Gasteiger partial charge in [-0.2, -0.15) is 5.26 Å². The van der Waals surface area contributed by atoms with E-state index in [1.807, 2.05) is 54.6 Å². The van der Waals surface area contributed by atoms with Crippen molar-refractivity contribution in [2.24, 2.45) is 0 Å². The SMILES string of the molecule is CC(C)(O)C[C@]1(c2ccccc2)CCN(CCc2ccc(-c3ncccc3C#N)cc2)C(=O)O1. The lowest BCUT2D eigenvalue weighted by Gasteiger charge is -2.44. The first-order valence-electron chi connectivity index (χ1n) is 11.5. The van der Waals surface area contributed by atoms with E-state index in [1.54, 1.807) is 37.1 Å². The zero-order valence-corrected chi connectivity index (χ0v) is 19.6. The molecule has 1 aliphatic heterocycles. The number of cyclic esters (lactones) is 1. The summed E-state index contributed by atoms with van der Waals surface area (Å²) >= 11 is 0. The molecule has 0 bridgehead atoms. The van der Waals surface area contributed by atoms with Crippen molar-refractivity contribution in [1.82, 2.24) is 9.88 Å². The van der Waals surface area contributed by atoms with Gasteiger partial charge in [-0.25, -0.2) is 4.79 Å². The Morgan fingerprint density at radius 3 is 2.50 bits per heavy atom. The third kappa shape index (κ3) is 5.27. The normalized spacial score (nSPS) is 18.3. The maximum absolute atomic E-state index is 13.0. The van der Waals surface area contributed by atoms with Crippen molar-refractivity contribution in [1.29, 1.82) is 5.26 Å². The number of hydrogen-bond donors (Lipinski definition) is 1. The first kappa shape index (κ1) is 23.5. The third-order valence-electron chi connectivity index (χ3n) is 6.17. The van der Waals surface area contributed by atoms with Gasteiger partial charge in [-0.3, -0.25) is 4.98 Å². The van der Waals surface area contributed by atoms with Crippen LogP contribution >= 0.6 is 0 Å². The largest absolute Gasteiger partial charge is 0.438 e. The van der Waals surface area contributed by atoms with Gasteiger partial charge in [0.1, 0.15) is 11.7 Å². The number of ether oxygens (including phenoxy) is 1. The summed E-state index contributed by atoms with van der Waals surface area (Å²) in [5.41, 5.74) is 2.28. The molecule has 1 aliphatic rings. The Morgan fingerprint density at radius 2 is 1.85 bits per heavy atom. The molecule has 1 fully saturated rings. The van der Waals surface area contributed by atoms with Crippen LogP contribution in [0.1, 0.15) is 43.4 Å². The van der Waals surface area contributed by atoms with Gasteiger partial charge in [0.25, 0.3) is 0 Å². The van der Waals surface area contributed by atoms with Gasteiger partial charge < -0.3 is 14.7 Å². The molecule has 2 heterocycles. The first-order valence-corrected chi connectivity index (χ1v) is 11.5. The van der Waals surface area contributed by atoms with E-state index in [2.05, 4.69) is 11.1 Å². The van der Waals surface area contributed by atoms with Crippen LogP contribution in [-0.4, -0.2) is 39.8 Å². The molecule has 4 rings (SSSR count). The lowest BCUT2D eigenvalue weighted by atomic mass is 9.80. The van der Waals surface area contributed by atoms with Gasteiger partial charge in [0.2, 0.25) is 0 Å². The van der Waals surface area contributed by atoms with Crippen LogP contribution in [0.3, 0.4) is 0 Å². The summed E-state index contributed by atoms with van der Waals surface area (Å²) in [5, 5.41) is 19.8. The summed E-state index contributed by atoms with van der Waals surface area (Å²) in [6.45, 7) is 4.58. The maximum atomic E-state index is 13.0. The first-order chi connectivity index (χ1) is 16.3. The number of pyridine rings is 1. The van der Waals surface area contributed by atoms with Gasteiger partial charge in [0, 0.05) is 37.7 Å². The maximum Gasteiger partial charge on any atom is 0.410 e. The second kappa shape index (κ2) is 9.66. The highest BCUT2D eigenvalue weighted by molar-refractivity contribution is 5.69. The minimum atomic E-state index is -0.973. The molecule has 1 aromatic heterocycles. The van der Waals surface area contributed by atoms with Gasteiger partial charge in [-0.15, -0.1) is 0 Å². The monoisotopic (exact) mass is 455 g/mol. The second-order valence-electron chi connectivity index (χ2n) is 9.41. The highest BCUT2D eigenvalue weighted by atomic mass is 16.6. The molecule has 2 aromatic carbocycles. The smallest absolute Gasteiger partial charge is 0.410 e. The van der Waals surface area contributed by atoms with Crippen LogP contribution in [0.2, 0.25) is 0 Å². The number of carbonyl (C=O) groups excluding carboxylic acids is 1. The predicted octanol–water partition coefficient (Wildman–Crippen LogP) is 5.06. The molecule has 0 saturated carbocycles. The fourth-order valence-electron chi connectivity index (χ4n) is 4.58. The van der Waals surface area contributed by atoms with Gasteiger partial charge in [0.15, 0.2) is 0 Å². The standard InChI is InChI=1S/C28H29N3O3/c1-27(2,33)20-28(24-8-4-3-5-9-24)15-18-31(26(32)34-28)17-14-21-10-12-22(13-11-21)25-23(19-29)7-6-16-30-25/h3-13,16,33H,14-15,17-18,20H2,1-2H3/t28-/m0/s1. The Bertz CT molecular complexity index is 1180. The van der Waals surface area contributed by atoms with Crippen LogP contribution in [0.25, 0.3) is 11.3 Å². The van der Waals surface area contributed by atoms with Crippen LogP contribution in [-0.2, 0) is 16.8 Å². The number of carbonyl (C=O) groups is 1. The third-order valence-corrected chi connectivity index (χ3v) is 6.17. The van der Waals surface area contributed by atoms with E-state index in [0.717, 1.165) is 16.7 Å². The molecule has 1 amide bonds. The topological polar surface area (TPSA) is 86.5 Å². The summed E-state index contributed by atoms with van der Waals surface area (Å²) in [6, 6.07) is 23.3. The number of nitriles is 1. The van der Waals surface area contributed by atoms with Crippen LogP contribution in [0.4, 0.5) is 4.79 Å². The van der Waals surface area contributed by atoms with Crippen molar-refractivity contribution in [3.8, 4) is 17.3 Å². The van der Waals surface area contributed by atoms with Crippen LogP contribution in [0.5, 0.6) is 0 Å². The molecule has 6 nitrogen and oxygen atoms in total. The molecule has 174 valence electrons. The Balaban J connectivity index is 1.42. The minimum absolute atomic E-state index is 0.337. The number of nitrogens with zero attached hydrogens (tertiary/aromatic N) is 3. The predicted molar refractivity (Wildman–Crippen MR) is 130 cm³/mol. The number of rotatable bonds is 7. The van der Waals surface area contributed by atoms with E-state index in [9.17, 15) is 15.2 Å². The quantitative estimate of drug-likeness (QED) is 0.538. The summed E-state index contributed by atoms with van der Waals surface area (Å²) in [7, 11) is 0. The molecule has 1 saturated heterocycles. The van der Waals surface area contributed by atoms with Crippen molar-refractivity contribution >= 4 is 6.09 Å². The van der Waals surface area contributed by atoms with Crippen LogP contribution in [0.15, 0.2) is 72.9 Å². The zero-order valence-electron chi connectivity index (χ0n) is 19.6. The molecule has 1 atom stereocenters. The number of aromatic nitrogens is 1. The van der Waals surface area contributed by atoms with Gasteiger partial charge >= 0.3 is 6.09 Å². The summed E-state index contributed by atoms with van der Waals surface area (Å²) < 4.78 is 6.03. The molecule has 0 spiro atoms. The van der Waals surface area contributed by atoms with Gasteiger partial charge in [-0.1, -0.05) is 54.6 Å². The zero-order chi connectivity index (χ0) is 24.2. The number of benzene rings is 2. The van der Waals surface area contributed by atoms with Crippen molar-refractivity contribution in [2.45, 2.75) is 44.3 Å². The van der Waals surface area contributed by atoms with Crippen LogP contribution in [0, 0.1) is 11.3 Å². The number of aliphatic hydroxyl groups is 1. The molecular formula is C28H29N3O3. The van der Waals surface area contributed by atoms with Crippen molar-refractivity contribution in [2.75, 3.05) is 13.1 Å². The highest BCUT2D eigenvalue weighted by Crippen LogP contribution is 2.40. The fourth-order valence-corrected chi connectivity index (χ4v) is 4.58. The Labute approximate surface area is 200 Å². The summed E-state index contributed by atoms with van der Waals surface area (Å²) in [5.74, 6) is 0. The highest BCUT2D eigenvalue weighted by Gasteiger charge is 2.45. The minimum Gasteiger partial charge on any atom is -0.438 e. The Kier molecular flexibility index (Phi) is 6.67. The van der Waals surface area contributed by atoms with E-state index in [-0.39, 0.29) is 6.09 Å². The lowest BCUT2D eigenvalue weighted by molar-refractivity contribution is -0.0960. The van der Waals surface area contributed by atoms with E-state index in [0.29, 0.717) is 43.6 Å². The van der Waals surface area contributed by atoms with E-state index in [4.69, 9.17) is 4.74 Å². The van der Waals surface area contributed by atoms with E-state index < -0.39 is 11.2 Å². The van der Waals surface area contributed by atoms with Crippen molar-refractivity contribution in [3.63, 3.8) is 0 Å². The van der Waals surface area contributed by atoms with Crippen LogP contribution < -0.4 is 0 Å². The molecule has 6 heteroatoms. The Morgan fingerprint density at radius 1 is 1.12 bits per heavy atom. The molecule has 0 unspecified atom stereocenters. The van der Waals surface area contributed by atoms with Gasteiger partial charge in [0.05, 0.1) is 16.9 Å². The average molecular weight is 456 g/mol. The summed E-state index contributed by atoms with van der Waals surface area (Å²) in [6.07, 6.45) is 2.96.